The average Bonchev–Trinajstić information content (AvgIpc) is 2.06. The molecule has 0 aliphatic heterocycles. The molecule has 1 aromatic rings. The zero-order chi connectivity index (χ0) is 8.81. The van der Waals surface area contributed by atoms with Crippen LogP contribution in [0, 0.1) is 0 Å². The number of hydrogen-bond donors (Lipinski definition) is 0. The zero-order valence-electron chi connectivity index (χ0n) is 7.59. The molecule has 0 fully saturated rings. The third-order valence-electron chi connectivity index (χ3n) is 1.96. The Morgan fingerprint density at radius 3 is 2.50 bits per heavy atom. The van der Waals surface area contributed by atoms with Crippen LogP contribution in [-0.2, 0) is 6.42 Å². The molecule has 1 aromatic carbocycles. The molecule has 0 nitrogen and oxygen atoms in total. The molecule has 0 heterocycles. The molecule has 0 saturated heterocycles. The van der Waals surface area contributed by atoms with E-state index in [0.717, 1.165) is 3.93 Å². The first-order chi connectivity index (χ1) is 5.83. The van der Waals surface area contributed by atoms with Crippen LogP contribution in [0.5, 0.6) is 0 Å². The quantitative estimate of drug-likeness (QED) is 0.735. The molecule has 0 bridgehead atoms. The summed E-state index contributed by atoms with van der Waals surface area (Å²) in [5.41, 5.74) is 1.49. The van der Waals surface area contributed by atoms with Gasteiger partial charge in [0, 0.05) is 0 Å². The standard InChI is InChI=1S/C11H15.Sn/c1-2-3-5-8-11-9-6-4-7-10-11;/h4-7,9-10H,2-3,8H2,1H3;. The summed E-state index contributed by atoms with van der Waals surface area (Å²) in [4.78, 5) is 0. The van der Waals surface area contributed by atoms with Crippen molar-refractivity contribution in [3.63, 3.8) is 0 Å². The van der Waals surface area contributed by atoms with Gasteiger partial charge in [-0.15, -0.1) is 0 Å². The molecular formula is C11H15Sn. The first kappa shape index (κ1) is 10.1. The van der Waals surface area contributed by atoms with Crippen molar-refractivity contribution < 1.29 is 0 Å². The van der Waals surface area contributed by atoms with Gasteiger partial charge in [-0.05, 0) is 0 Å². The molecule has 0 saturated carbocycles. The summed E-state index contributed by atoms with van der Waals surface area (Å²) in [5.74, 6) is 0. The van der Waals surface area contributed by atoms with Gasteiger partial charge in [0.2, 0.25) is 0 Å². The van der Waals surface area contributed by atoms with Gasteiger partial charge in [0.15, 0.2) is 0 Å². The van der Waals surface area contributed by atoms with Crippen molar-refractivity contribution in [1.29, 1.82) is 0 Å². The Labute approximate surface area is 88.5 Å². The number of hydrogen-bond acceptors (Lipinski definition) is 0. The topological polar surface area (TPSA) is 0 Å². The minimum atomic E-state index is 0.921. The molecule has 1 unspecified atom stereocenters. The average molecular weight is 266 g/mol. The van der Waals surface area contributed by atoms with Gasteiger partial charge >= 0.3 is 88.5 Å². The summed E-state index contributed by atoms with van der Waals surface area (Å²) >= 11 is 1.68. The molecule has 0 aliphatic carbocycles. The molecule has 12 heavy (non-hydrogen) atoms. The van der Waals surface area contributed by atoms with Crippen molar-refractivity contribution in [2.24, 2.45) is 0 Å². The minimum absolute atomic E-state index is 0.921. The van der Waals surface area contributed by atoms with Gasteiger partial charge in [0.05, 0.1) is 0 Å². The second kappa shape index (κ2) is 5.63. The van der Waals surface area contributed by atoms with Gasteiger partial charge in [-0.1, -0.05) is 0 Å². The first-order valence-corrected chi connectivity index (χ1v) is 6.22. The molecule has 3 radical (unpaired) electrons. The third kappa shape index (κ3) is 3.61. The van der Waals surface area contributed by atoms with Crippen LogP contribution in [0.15, 0.2) is 30.3 Å². The maximum absolute atomic E-state index is 2.27. The van der Waals surface area contributed by atoms with E-state index < -0.39 is 0 Å². The fourth-order valence-corrected chi connectivity index (χ4v) is 2.85. The second-order valence-corrected chi connectivity index (χ2v) is 5.51. The van der Waals surface area contributed by atoms with Gasteiger partial charge in [0.1, 0.15) is 0 Å². The van der Waals surface area contributed by atoms with Crippen LogP contribution in [0.2, 0.25) is 3.93 Å². The van der Waals surface area contributed by atoms with Crippen molar-refractivity contribution in [1.82, 2.24) is 0 Å². The van der Waals surface area contributed by atoms with Gasteiger partial charge in [-0.25, -0.2) is 0 Å². The molecule has 0 amide bonds. The van der Waals surface area contributed by atoms with Crippen molar-refractivity contribution in [3.05, 3.63) is 35.9 Å². The summed E-state index contributed by atoms with van der Waals surface area (Å²) in [6, 6.07) is 10.8. The van der Waals surface area contributed by atoms with Crippen LogP contribution in [0.3, 0.4) is 0 Å². The fourth-order valence-electron chi connectivity index (χ4n) is 1.35. The predicted molar refractivity (Wildman–Crippen MR) is 54.6 cm³/mol. The van der Waals surface area contributed by atoms with Crippen LogP contribution < -0.4 is 0 Å². The molecule has 0 aliphatic rings. The van der Waals surface area contributed by atoms with E-state index >= 15 is 0 Å². The van der Waals surface area contributed by atoms with Crippen LogP contribution in [0.1, 0.15) is 25.3 Å². The Kier molecular flexibility index (Phi) is 4.74. The molecule has 1 atom stereocenters. The molecular weight excluding hydrogens is 251 g/mol. The summed E-state index contributed by atoms with van der Waals surface area (Å²) < 4.78 is 0.921. The normalized spacial score (nSPS) is 12.8. The van der Waals surface area contributed by atoms with Crippen LogP contribution in [0.25, 0.3) is 0 Å². The second-order valence-electron chi connectivity index (χ2n) is 3.18. The predicted octanol–water partition coefficient (Wildman–Crippen LogP) is 2.99. The van der Waals surface area contributed by atoms with E-state index in [0.29, 0.717) is 0 Å². The Morgan fingerprint density at radius 2 is 1.92 bits per heavy atom. The molecule has 0 N–H and O–H groups in total. The van der Waals surface area contributed by atoms with Crippen molar-refractivity contribution in [3.8, 4) is 0 Å². The fraction of sp³-hybridized carbons (Fsp3) is 0.455. The monoisotopic (exact) mass is 267 g/mol. The molecule has 1 heteroatoms. The summed E-state index contributed by atoms with van der Waals surface area (Å²) in [6.07, 6.45) is 3.98. The molecule has 63 valence electrons. The van der Waals surface area contributed by atoms with Crippen molar-refractivity contribution >= 4 is 22.5 Å². The zero-order valence-corrected chi connectivity index (χ0v) is 10.4. The van der Waals surface area contributed by atoms with Gasteiger partial charge in [0.25, 0.3) is 0 Å². The summed E-state index contributed by atoms with van der Waals surface area (Å²) in [5, 5.41) is 0. The van der Waals surface area contributed by atoms with Gasteiger partial charge in [-0.2, -0.15) is 0 Å². The van der Waals surface area contributed by atoms with Crippen LogP contribution >= 0.6 is 0 Å². The van der Waals surface area contributed by atoms with E-state index in [2.05, 4.69) is 37.3 Å². The van der Waals surface area contributed by atoms with E-state index in [1.54, 1.807) is 22.5 Å². The molecule has 0 aromatic heterocycles. The number of benzene rings is 1. The van der Waals surface area contributed by atoms with Crippen molar-refractivity contribution in [2.75, 3.05) is 0 Å². The SMILES string of the molecule is CCC[CH]([Sn])Cc1ccccc1. The molecule has 0 spiro atoms. The Morgan fingerprint density at radius 1 is 1.25 bits per heavy atom. The van der Waals surface area contributed by atoms with Gasteiger partial charge in [-0.3, -0.25) is 0 Å². The van der Waals surface area contributed by atoms with E-state index in [1.165, 1.54) is 24.8 Å². The Hall–Kier alpha value is 0.0187. The molecule has 1 rings (SSSR count). The van der Waals surface area contributed by atoms with E-state index in [9.17, 15) is 0 Å². The summed E-state index contributed by atoms with van der Waals surface area (Å²) in [6.45, 7) is 2.27. The van der Waals surface area contributed by atoms with E-state index in [-0.39, 0.29) is 0 Å². The van der Waals surface area contributed by atoms with Crippen molar-refractivity contribution in [2.45, 2.75) is 30.1 Å². The summed E-state index contributed by atoms with van der Waals surface area (Å²) in [7, 11) is 0. The Bertz CT molecular complexity index is 206. The van der Waals surface area contributed by atoms with Crippen LogP contribution in [0.4, 0.5) is 0 Å². The van der Waals surface area contributed by atoms with Gasteiger partial charge < -0.3 is 0 Å². The first-order valence-electron chi connectivity index (χ1n) is 4.58. The van der Waals surface area contributed by atoms with E-state index in [1.807, 2.05) is 0 Å². The maximum atomic E-state index is 2.27. The number of rotatable bonds is 4. The third-order valence-corrected chi connectivity index (χ3v) is 3.37. The van der Waals surface area contributed by atoms with E-state index in [4.69, 9.17) is 0 Å². The Balaban J connectivity index is 2.41. The van der Waals surface area contributed by atoms with Crippen LogP contribution in [-0.4, -0.2) is 22.5 Å².